The zero-order valence-electron chi connectivity index (χ0n) is 18.1. The van der Waals surface area contributed by atoms with Crippen LogP contribution in [-0.2, 0) is 16.1 Å². The van der Waals surface area contributed by atoms with Crippen molar-refractivity contribution in [2.75, 3.05) is 10.7 Å². The van der Waals surface area contributed by atoms with Crippen LogP contribution in [0.3, 0.4) is 0 Å². The lowest BCUT2D eigenvalue weighted by molar-refractivity contribution is -0.136. The van der Waals surface area contributed by atoms with Gasteiger partial charge in [-0.05, 0) is 61.0 Å². The van der Waals surface area contributed by atoms with E-state index >= 15 is 0 Å². The summed E-state index contributed by atoms with van der Waals surface area (Å²) >= 11 is 9.46. The van der Waals surface area contributed by atoms with Crippen LogP contribution in [0.2, 0.25) is 5.02 Å². The topological polar surface area (TPSA) is 92.2 Å². The van der Waals surface area contributed by atoms with Gasteiger partial charge in [0.05, 0.1) is 5.52 Å². The first-order chi connectivity index (χ1) is 16.3. The first-order valence-electron chi connectivity index (χ1n) is 10.3. The van der Waals surface area contributed by atoms with Crippen LogP contribution in [0, 0.1) is 6.92 Å². The van der Waals surface area contributed by atoms with Crippen molar-refractivity contribution in [1.82, 2.24) is 9.99 Å². The average molecular weight is 540 g/mol. The lowest BCUT2D eigenvalue weighted by Crippen LogP contribution is -2.39. The van der Waals surface area contributed by atoms with Crippen LogP contribution in [0.5, 0.6) is 0 Å². The maximum atomic E-state index is 13.0. The SMILES string of the molecule is Cc1ccc(CNC(=O)C(=O)Nn2c(C(=O)Nc3ccc(Br)cc3)cc3cc(Cl)ccc32)cc1. The third-order valence-electron chi connectivity index (χ3n) is 5.09. The van der Waals surface area contributed by atoms with E-state index in [1.165, 1.54) is 4.68 Å². The smallest absolute Gasteiger partial charge is 0.328 e. The van der Waals surface area contributed by atoms with Gasteiger partial charge in [-0.15, -0.1) is 0 Å². The minimum Gasteiger partial charge on any atom is -0.344 e. The fourth-order valence-corrected chi connectivity index (χ4v) is 3.77. The fourth-order valence-electron chi connectivity index (χ4n) is 3.32. The van der Waals surface area contributed by atoms with Crippen LogP contribution in [0.25, 0.3) is 10.9 Å². The number of rotatable bonds is 5. The van der Waals surface area contributed by atoms with Crippen LogP contribution in [0.4, 0.5) is 5.69 Å². The highest BCUT2D eigenvalue weighted by Crippen LogP contribution is 2.24. The van der Waals surface area contributed by atoms with Crippen molar-refractivity contribution in [3.63, 3.8) is 0 Å². The van der Waals surface area contributed by atoms with Gasteiger partial charge < -0.3 is 10.6 Å². The molecule has 0 aliphatic carbocycles. The van der Waals surface area contributed by atoms with E-state index in [1.54, 1.807) is 48.5 Å². The molecule has 0 spiro atoms. The van der Waals surface area contributed by atoms with E-state index in [1.807, 2.05) is 31.2 Å². The summed E-state index contributed by atoms with van der Waals surface area (Å²) in [6.07, 6.45) is 0. The van der Waals surface area contributed by atoms with Crippen LogP contribution in [0.1, 0.15) is 21.6 Å². The Bertz CT molecular complexity index is 1380. The third kappa shape index (κ3) is 5.47. The first-order valence-corrected chi connectivity index (χ1v) is 11.5. The van der Waals surface area contributed by atoms with E-state index in [2.05, 4.69) is 32.0 Å². The summed E-state index contributed by atoms with van der Waals surface area (Å²) in [4.78, 5) is 38.1. The molecule has 0 fully saturated rings. The highest BCUT2D eigenvalue weighted by molar-refractivity contribution is 9.10. The Balaban J connectivity index is 1.55. The van der Waals surface area contributed by atoms with Gasteiger partial charge in [0.15, 0.2) is 0 Å². The first kappa shape index (κ1) is 23.5. The maximum absolute atomic E-state index is 13.0. The Hall–Kier alpha value is -3.62. The molecule has 0 aliphatic heterocycles. The molecular formula is C25H20BrClN4O3. The summed E-state index contributed by atoms with van der Waals surface area (Å²) in [5, 5.41) is 6.49. The van der Waals surface area contributed by atoms with Gasteiger partial charge in [0, 0.05) is 27.1 Å². The number of nitrogens with one attached hydrogen (secondary N) is 3. The van der Waals surface area contributed by atoms with Gasteiger partial charge >= 0.3 is 11.8 Å². The molecule has 3 N–H and O–H groups in total. The Morgan fingerprint density at radius 1 is 0.912 bits per heavy atom. The van der Waals surface area contributed by atoms with Crippen LogP contribution in [0.15, 0.2) is 77.3 Å². The van der Waals surface area contributed by atoms with E-state index in [-0.39, 0.29) is 12.2 Å². The van der Waals surface area contributed by atoms with E-state index in [9.17, 15) is 14.4 Å². The van der Waals surface area contributed by atoms with Crippen molar-refractivity contribution in [1.29, 1.82) is 0 Å². The standard InChI is InChI=1S/C25H20BrClN4O3/c1-15-2-4-16(5-3-15)14-28-24(33)25(34)30-31-21-11-8-19(27)12-17(21)13-22(31)23(32)29-20-9-6-18(26)7-10-20/h2-13H,14H2,1H3,(H,28,33)(H,29,32)(H,30,34). The molecule has 3 amide bonds. The van der Waals surface area contributed by atoms with Gasteiger partial charge in [-0.1, -0.05) is 57.4 Å². The quantitative estimate of drug-likeness (QED) is 0.312. The Labute approximate surface area is 209 Å². The lowest BCUT2D eigenvalue weighted by atomic mass is 10.1. The average Bonchev–Trinajstić information content (AvgIpc) is 3.17. The largest absolute Gasteiger partial charge is 0.344 e. The fraction of sp³-hybridized carbons (Fsp3) is 0.0800. The molecule has 9 heteroatoms. The lowest BCUT2D eigenvalue weighted by Gasteiger charge is -2.13. The number of hydrogen-bond acceptors (Lipinski definition) is 3. The zero-order valence-corrected chi connectivity index (χ0v) is 20.4. The number of hydrogen-bond donors (Lipinski definition) is 3. The molecule has 0 radical (unpaired) electrons. The predicted octanol–water partition coefficient (Wildman–Crippen LogP) is 5.00. The van der Waals surface area contributed by atoms with Crippen molar-refractivity contribution in [2.24, 2.45) is 0 Å². The molecule has 34 heavy (non-hydrogen) atoms. The monoisotopic (exact) mass is 538 g/mol. The Morgan fingerprint density at radius 3 is 2.32 bits per heavy atom. The molecule has 0 bridgehead atoms. The molecule has 0 atom stereocenters. The number of aryl methyl sites for hydroxylation is 1. The van der Waals surface area contributed by atoms with Crippen molar-refractivity contribution in [3.05, 3.63) is 99.1 Å². The van der Waals surface area contributed by atoms with Crippen LogP contribution in [-0.4, -0.2) is 22.4 Å². The molecule has 0 aliphatic rings. The van der Waals surface area contributed by atoms with E-state index in [4.69, 9.17) is 11.6 Å². The summed E-state index contributed by atoms with van der Waals surface area (Å²) in [6.45, 7) is 2.17. The van der Waals surface area contributed by atoms with Gasteiger partial charge in [0.2, 0.25) is 0 Å². The number of nitrogens with zero attached hydrogens (tertiary/aromatic N) is 1. The summed E-state index contributed by atoms with van der Waals surface area (Å²) in [5.74, 6) is -2.19. The summed E-state index contributed by atoms with van der Waals surface area (Å²) in [5.41, 5.74) is 5.72. The highest BCUT2D eigenvalue weighted by Gasteiger charge is 2.21. The second-order valence-electron chi connectivity index (χ2n) is 7.64. The van der Waals surface area contributed by atoms with Crippen LogP contribution >= 0.6 is 27.5 Å². The van der Waals surface area contributed by atoms with Gasteiger partial charge in [0.1, 0.15) is 5.69 Å². The van der Waals surface area contributed by atoms with E-state index in [0.29, 0.717) is 21.6 Å². The van der Waals surface area contributed by atoms with Gasteiger partial charge in [-0.25, -0.2) is 4.68 Å². The Morgan fingerprint density at radius 2 is 1.62 bits per heavy atom. The van der Waals surface area contributed by atoms with Crippen molar-refractivity contribution < 1.29 is 14.4 Å². The zero-order chi connectivity index (χ0) is 24.2. The summed E-state index contributed by atoms with van der Waals surface area (Å²) in [7, 11) is 0. The number of amides is 3. The summed E-state index contributed by atoms with van der Waals surface area (Å²) in [6, 6.07) is 21.3. The minimum atomic E-state index is -0.905. The maximum Gasteiger partial charge on any atom is 0.328 e. The highest BCUT2D eigenvalue weighted by atomic mass is 79.9. The number of fused-ring (bicyclic) bond motifs is 1. The van der Waals surface area contributed by atoms with Crippen molar-refractivity contribution >= 4 is 61.8 Å². The van der Waals surface area contributed by atoms with E-state index in [0.717, 1.165) is 15.6 Å². The second-order valence-corrected chi connectivity index (χ2v) is 8.99. The normalized spacial score (nSPS) is 10.7. The van der Waals surface area contributed by atoms with E-state index < -0.39 is 17.7 Å². The number of carbonyl (C=O) groups is 3. The molecule has 1 heterocycles. The van der Waals surface area contributed by atoms with Crippen molar-refractivity contribution in [2.45, 2.75) is 13.5 Å². The molecule has 0 unspecified atom stereocenters. The molecule has 1 aromatic heterocycles. The number of halogens is 2. The summed E-state index contributed by atoms with van der Waals surface area (Å²) < 4.78 is 2.16. The van der Waals surface area contributed by atoms with Gasteiger partial charge in [-0.3, -0.25) is 19.8 Å². The molecule has 4 aromatic rings. The van der Waals surface area contributed by atoms with Gasteiger partial charge in [-0.2, -0.15) is 0 Å². The second kappa shape index (κ2) is 10.1. The molecule has 0 saturated carbocycles. The predicted molar refractivity (Wildman–Crippen MR) is 136 cm³/mol. The molecular weight excluding hydrogens is 520 g/mol. The Kier molecular flexibility index (Phi) is 7.00. The third-order valence-corrected chi connectivity index (χ3v) is 5.86. The van der Waals surface area contributed by atoms with Gasteiger partial charge in [0.25, 0.3) is 5.91 Å². The number of anilines is 1. The molecule has 7 nitrogen and oxygen atoms in total. The molecule has 4 rings (SSSR count). The number of aromatic nitrogens is 1. The molecule has 172 valence electrons. The number of benzene rings is 3. The van der Waals surface area contributed by atoms with Crippen molar-refractivity contribution in [3.8, 4) is 0 Å². The number of carbonyl (C=O) groups excluding carboxylic acids is 3. The minimum absolute atomic E-state index is 0.139. The molecule has 3 aromatic carbocycles. The van der Waals surface area contributed by atoms with Crippen LogP contribution < -0.4 is 16.1 Å². The molecule has 0 saturated heterocycles.